The predicted molar refractivity (Wildman–Crippen MR) is 73.0 cm³/mol. The van der Waals surface area contributed by atoms with Crippen molar-refractivity contribution in [1.82, 2.24) is 9.97 Å². The van der Waals surface area contributed by atoms with Gasteiger partial charge in [-0.15, -0.1) is 11.3 Å². The summed E-state index contributed by atoms with van der Waals surface area (Å²) >= 11 is 1.48. The number of aldehydes is 1. The molecule has 0 spiro atoms. The Bertz CT molecular complexity index is 733. The highest BCUT2D eigenvalue weighted by atomic mass is 32.1. The summed E-state index contributed by atoms with van der Waals surface area (Å²) in [7, 11) is 0. The lowest BCUT2D eigenvalue weighted by atomic mass is 10.1. The fraction of sp³-hybridized carbons (Fsp3) is 0.0714. The molecule has 0 aliphatic heterocycles. The van der Waals surface area contributed by atoms with Crippen LogP contribution in [0.4, 0.5) is 0 Å². The molecule has 0 saturated heterocycles. The third-order valence-electron chi connectivity index (χ3n) is 2.72. The Balaban J connectivity index is 2.30. The predicted octanol–water partition coefficient (Wildman–Crippen LogP) is 3.48. The standard InChI is InChI=1S/C14H10N2OS/c1-9-6-12(14-16-10(7-17)8-18-14)11-4-2-3-5-13(11)15-9/h2-8H,1H3. The minimum Gasteiger partial charge on any atom is -0.296 e. The molecule has 2 heterocycles. The van der Waals surface area contributed by atoms with Crippen molar-refractivity contribution in [1.29, 1.82) is 0 Å². The second-order valence-corrected chi connectivity index (χ2v) is 4.88. The smallest absolute Gasteiger partial charge is 0.169 e. The maximum atomic E-state index is 10.7. The molecule has 0 N–H and O–H groups in total. The zero-order valence-corrected chi connectivity index (χ0v) is 10.6. The zero-order valence-electron chi connectivity index (χ0n) is 9.75. The van der Waals surface area contributed by atoms with Crippen molar-refractivity contribution in [2.45, 2.75) is 6.92 Å². The van der Waals surface area contributed by atoms with Crippen molar-refractivity contribution >= 4 is 28.5 Å². The number of benzene rings is 1. The molecule has 18 heavy (non-hydrogen) atoms. The first-order valence-corrected chi connectivity index (χ1v) is 6.43. The van der Waals surface area contributed by atoms with Crippen LogP contribution in [0.5, 0.6) is 0 Å². The summed E-state index contributed by atoms with van der Waals surface area (Å²) in [5.41, 5.74) is 3.42. The van der Waals surface area contributed by atoms with Crippen LogP contribution < -0.4 is 0 Å². The van der Waals surface area contributed by atoms with Crippen LogP contribution >= 0.6 is 11.3 Å². The lowest BCUT2D eigenvalue weighted by Crippen LogP contribution is -1.88. The van der Waals surface area contributed by atoms with E-state index in [1.807, 2.05) is 37.3 Å². The highest BCUT2D eigenvalue weighted by Gasteiger charge is 2.09. The molecule has 0 amide bonds. The van der Waals surface area contributed by atoms with Crippen molar-refractivity contribution < 1.29 is 4.79 Å². The summed E-state index contributed by atoms with van der Waals surface area (Å²) in [6, 6.07) is 9.98. The lowest BCUT2D eigenvalue weighted by molar-refractivity contribution is 0.111. The van der Waals surface area contributed by atoms with E-state index in [2.05, 4.69) is 9.97 Å². The van der Waals surface area contributed by atoms with E-state index in [1.165, 1.54) is 11.3 Å². The monoisotopic (exact) mass is 254 g/mol. The van der Waals surface area contributed by atoms with Crippen LogP contribution in [0.1, 0.15) is 16.2 Å². The van der Waals surface area contributed by atoms with Gasteiger partial charge in [-0.05, 0) is 19.1 Å². The number of hydrogen-bond acceptors (Lipinski definition) is 4. The molecule has 3 rings (SSSR count). The van der Waals surface area contributed by atoms with E-state index < -0.39 is 0 Å². The normalized spacial score (nSPS) is 10.7. The van der Waals surface area contributed by atoms with E-state index in [1.54, 1.807) is 5.38 Å². The van der Waals surface area contributed by atoms with E-state index in [-0.39, 0.29) is 0 Å². The van der Waals surface area contributed by atoms with Crippen LogP contribution in [0.25, 0.3) is 21.5 Å². The van der Waals surface area contributed by atoms with Gasteiger partial charge < -0.3 is 0 Å². The molecule has 0 bridgehead atoms. The van der Waals surface area contributed by atoms with E-state index in [0.29, 0.717) is 5.69 Å². The number of para-hydroxylation sites is 1. The Hall–Kier alpha value is -2.07. The van der Waals surface area contributed by atoms with Gasteiger partial charge in [-0.25, -0.2) is 4.98 Å². The lowest BCUT2D eigenvalue weighted by Gasteiger charge is -2.04. The largest absolute Gasteiger partial charge is 0.296 e. The Morgan fingerprint density at radius 2 is 2.06 bits per heavy atom. The van der Waals surface area contributed by atoms with E-state index in [9.17, 15) is 4.79 Å². The molecule has 3 nitrogen and oxygen atoms in total. The summed E-state index contributed by atoms with van der Waals surface area (Å²) in [6.07, 6.45) is 0.774. The number of rotatable bonds is 2. The van der Waals surface area contributed by atoms with Gasteiger partial charge in [0.25, 0.3) is 0 Å². The Kier molecular flexibility index (Phi) is 2.64. The van der Waals surface area contributed by atoms with Gasteiger partial charge >= 0.3 is 0 Å². The van der Waals surface area contributed by atoms with Gasteiger partial charge in [0.15, 0.2) is 6.29 Å². The van der Waals surface area contributed by atoms with Gasteiger partial charge in [0.1, 0.15) is 10.7 Å². The average Bonchev–Trinajstić information content (AvgIpc) is 2.86. The number of aryl methyl sites for hydroxylation is 1. The van der Waals surface area contributed by atoms with E-state index in [0.717, 1.165) is 33.5 Å². The molecule has 0 radical (unpaired) electrons. The Morgan fingerprint density at radius 3 is 2.83 bits per heavy atom. The maximum Gasteiger partial charge on any atom is 0.169 e. The van der Waals surface area contributed by atoms with Crippen molar-refractivity contribution in [2.75, 3.05) is 0 Å². The quantitative estimate of drug-likeness (QED) is 0.657. The number of pyridine rings is 1. The fourth-order valence-corrected chi connectivity index (χ4v) is 2.74. The topological polar surface area (TPSA) is 42.9 Å². The SMILES string of the molecule is Cc1cc(-c2nc(C=O)cs2)c2ccccc2n1. The minimum absolute atomic E-state index is 0.480. The first-order valence-electron chi connectivity index (χ1n) is 5.55. The van der Waals surface area contributed by atoms with Gasteiger partial charge in [0.05, 0.1) is 5.52 Å². The van der Waals surface area contributed by atoms with Gasteiger partial charge in [-0.2, -0.15) is 0 Å². The number of carbonyl (C=O) groups is 1. The molecule has 2 aromatic heterocycles. The molecule has 3 aromatic rings. The molecule has 0 aliphatic carbocycles. The van der Waals surface area contributed by atoms with E-state index >= 15 is 0 Å². The molecule has 1 aromatic carbocycles. The van der Waals surface area contributed by atoms with Crippen LogP contribution in [0, 0.1) is 6.92 Å². The van der Waals surface area contributed by atoms with Crippen LogP contribution in [-0.2, 0) is 0 Å². The number of thiazole rings is 1. The first-order chi connectivity index (χ1) is 8.78. The summed E-state index contributed by atoms with van der Waals surface area (Å²) in [5, 5.41) is 3.70. The molecule has 88 valence electrons. The van der Waals surface area contributed by atoms with Crippen molar-refractivity contribution in [3.05, 3.63) is 47.1 Å². The number of hydrogen-bond donors (Lipinski definition) is 0. The van der Waals surface area contributed by atoms with Gasteiger partial charge in [0, 0.05) is 22.0 Å². The highest BCUT2D eigenvalue weighted by molar-refractivity contribution is 7.13. The van der Waals surface area contributed by atoms with Gasteiger partial charge in [0.2, 0.25) is 0 Å². The Morgan fingerprint density at radius 1 is 1.22 bits per heavy atom. The molecule has 0 fully saturated rings. The molecule has 0 saturated carbocycles. The van der Waals surface area contributed by atoms with Crippen LogP contribution in [0.15, 0.2) is 35.7 Å². The fourth-order valence-electron chi connectivity index (χ4n) is 1.95. The van der Waals surface area contributed by atoms with Crippen molar-refractivity contribution in [3.8, 4) is 10.6 Å². The van der Waals surface area contributed by atoms with Crippen LogP contribution in [0.3, 0.4) is 0 Å². The van der Waals surface area contributed by atoms with Crippen LogP contribution in [0.2, 0.25) is 0 Å². The minimum atomic E-state index is 0.480. The molecule has 0 unspecified atom stereocenters. The molecule has 0 aliphatic rings. The summed E-state index contributed by atoms with van der Waals surface area (Å²) in [5.74, 6) is 0. The summed E-state index contributed by atoms with van der Waals surface area (Å²) in [4.78, 5) is 19.5. The third kappa shape index (κ3) is 1.80. The average molecular weight is 254 g/mol. The first kappa shape index (κ1) is 11.0. The molecular weight excluding hydrogens is 244 g/mol. The molecule has 0 atom stereocenters. The second kappa shape index (κ2) is 4.31. The number of nitrogens with zero attached hydrogens (tertiary/aromatic N) is 2. The molecule has 4 heteroatoms. The number of carbonyl (C=O) groups excluding carboxylic acids is 1. The summed E-state index contributed by atoms with van der Waals surface area (Å²) in [6.45, 7) is 1.96. The van der Waals surface area contributed by atoms with Crippen molar-refractivity contribution in [3.63, 3.8) is 0 Å². The molecular formula is C14H10N2OS. The Labute approximate surface area is 108 Å². The third-order valence-corrected chi connectivity index (χ3v) is 3.61. The van der Waals surface area contributed by atoms with Gasteiger partial charge in [-0.3, -0.25) is 9.78 Å². The zero-order chi connectivity index (χ0) is 12.5. The van der Waals surface area contributed by atoms with E-state index in [4.69, 9.17) is 0 Å². The van der Waals surface area contributed by atoms with Gasteiger partial charge in [-0.1, -0.05) is 18.2 Å². The number of fused-ring (bicyclic) bond motifs is 1. The highest BCUT2D eigenvalue weighted by Crippen LogP contribution is 2.30. The number of aromatic nitrogens is 2. The van der Waals surface area contributed by atoms with Crippen LogP contribution in [-0.4, -0.2) is 16.3 Å². The maximum absolute atomic E-state index is 10.7. The second-order valence-electron chi connectivity index (χ2n) is 4.02. The van der Waals surface area contributed by atoms with Crippen molar-refractivity contribution in [2.24, 2.45) is 0 Å². The summed E-state index contributed by atoms with van der Waals surface area (Å²) < 4.78 is 0.